The molecule has 0 aliphatic carbocycles. The second kappa shape index (κ2) is 5.70. The maximum Gasteiger partial charge on any atom is 0.411 e. The van der Waals surface area contributed by atoms with Gasteiger partial charge in [0.15, 0.2) is 0 Å². The molecular weight excluding hydrogens is 242 g/mol. The van der Waals surface area contributed by atoms with E-state index in [1.807, 2.05) is 0 Å². The molecule has 1 amide bonds. The molecule has 1 aliphatic heterocycles. The van der Waals surface area contributed by atoms with E-state index < -0.39 is 23.6 Å². The molecule has 7 heteroatoms. The van der Waals surface area contributed by atoms with Gasteiger partial charge in [-0.15, -0.1) is 0 Å². The molecule has 1 rings (SSSR count). The van der Waals surface area contributed by atoms with Crippen LogP contribution in [0.5, 0.6) is 0 Å². The molecule has 102 valence electrons. The predicted molar refractivity (Wildman–Crippen MR) is 59.7 cm³/mol. The first-order chi connectivity index (χ1) is 8.54. The topological polar surface area (TPSA) is 81.9 Å². The second-order valence-corrected chi connectivity index (χ2v) is 3.59. The van der Waals surface area contributed by atoms with Crippen molar-refractivity contribution in [2.45, 2.75) is 26.3 Å². The monoisotopic (exact) mass is 259 g/mol. The van der Waals surface area contributed by atoms with Crippen molar-refractivity contribution in [3.63, 3.8) is 0 Å². The number of carbonyl (C=O) groups is 3. The minimum Gasteiger partial charge on any atom is -0.464 e. The second-order valence-electron chi connectivity index (χ2n) is 3.59. The van der Waals surface area contributed by atoms with Crippen molar-refractivity contribution in [3.8, 4) is 0 Å². The van der Waals surface area contributed by atoms with E-state index in [1.54, 1.807) is 20.8 Å². The highest BCUT2D eigenvalue weighted by Gasteiger charge is 2.70. The van der Waals surface area contributed by atoms with E-state index in [2.05, 4.69) is 0 Å². The lowest BCUT2D eigenvalue weighted by Gasteiger charge is -2.14. The van der Waals surface area contributed by atoms with Crippen LogP contribution in [0, 0.1) is 0 Å². The first-order valence-electron chi connectivity index (χ1n) is 5.83. The minimum absolute atomic E-state index is 0.0660. The Morgan fingerprint density at radius 2 is 1.39 bits per heavy atom. The summed E-state index contributed by atoms with van der Waals surface area (Å²) in [5, 5.41) is 0. The number of hydrogen-bond donors (Lipinski definition) is 0. The molecule has 0 radical (unpaired) electrons. The largest absolute Gasteiger partial charge is 0.464 e. The SMILES string of the molecule is CCOC(=O)N1CC1(C(=O)OCC)C(=O)OCC. The number of rotatable bonds is 5. The van der Waals surface area contributed by atoms with Crippen LogP contribution in [0.4, 0.5) is 4.79 Å². The van der Waals surface area contributed by atoms with Crippen LogP contribution in [0.2, 0.25) is 0 Å². The summed E-state index contributed by atoms with van der Waals surface area (Å²) in [6, 6.07) is 0. The fourth-order valence-electron chi connectivity index (χ4n) is 1.55. The zero-order valence-electron chi connectivity index (χ0n) is 10.7. The highest BCUT2D eigenvalue weighted by atomic mass is 16.6. The quantitative estimate of drug-likeness (QED) is 0.306. The number of amides is 1. The average Bonchev–Trinajstić information content (AvgIpc) is 3.06. The number of hydrogen-bond acceptors (Lipinski definition) is 6. The van der Waals surface area contributed by atoms with Crippen LogP contribution in [0.1, 0.15) is 20.8 Å². The van der Waals surface area contributed by atoms with Crippen LogP contribution in [0.15, 0.2) is 0 Å². The molecule has 1 aliphatic rings. The van der Waals surface area contributed by atoms with Crippen molar-refractivity contribution in [2.75, 3.05) is 26.4 Å². The summed E-state index contributed by atoms with van der Waals surface area (Å²) < 4.78 is 14.4. The highest BCUT2D eigenvalue weighted by molar-refractivity contribution is 6.12. The summed E-state index contributed by atoms with van der Waals surface area (Å²) in [5.74, 6) is -1.56. The van der Waals surface area contributed by atoms with E-state index in [-0.39, 0.29) is 26.4 Å². The zero-order chi connectivity index (χ0) is 13.8. The molecular formula is C11H17NO6. The van der Waals surface area contributed by atoms with Gasteiger partial charge in [-0.05, 0) is 20.8 Å². The first kappa shape index (κ1) is 14.3. The Morgan fingerprint density at radius 3 is 1.78 bits per heavy atom. The van der Waals surface area contributed by atoms with Crippen molar-refractivity contribution in [1.82, 2.24) is 4.90 Å². The van der Waals surface area contributed by atoms with Crippen LogP contribution < -0.4 is 0 Å². The molecule has 0 aromatic rings. The Kier molecular flexibility index (Phi) is 4.52. The van der Waals surface area contributed by atoms with Gasteiger partial charge in [0.05, 0.1) is 26.4 Å². The van der Waals surface area contributed by atoms with Crippen molar-refractivity contribution in [1.29, 1.82) is 0 Å². The Hall–Kier alpha value is -1.79. The molecule has 0 N–H and O–H groups in total. The number of esters is 2. The summed E-state index contributed by atoms with van der Waals surface area (Å²) in [4.78, 5) is 36.1. The molecule has 0 aromatic carbocycles. The third-order valence-corrected chi connectivity index (χ3v) is 2.46. The zero-order valence-corrected chi connectivity index (χ0v) is 10.7. The van der Waals surface area contributed by atoms with Crippen molar-refractivity contribution >= 4 is 18.0 Å². The van der Waals surface area contributed by atoms with Gasteiger partial charge in [0.25, 0.3) is 5.54 Å². The Morgan fingerprint density at radius 1 is 0.944 bits per heavy atom. The third kappa shape index (κ3) is 2.39. The van der Waals surface area contributed by atoms with Gasteiger partial charge in [-0.25, -0.2) is 14.4 Å². The minimum atomic E-state index is -1.65. The summed E-state index contributed by atoms with van der Waals surface area (Å²) in [6.45, 7) is 5.22. The maximum absolute atomic E-state index is 11.8. The van der Waals surface area contributed by atoms with E-state index in [4.69, 9.17) is 14.2 Å². The molecule has 7 nitrogen and oxygen atoms in total. The Labute approximate surface area is 105 Å². The standard InChI is InChI=1S/C11H17NO6/c1-4-16-8(13)11(9(14)17-5-2)7-12(11)10(15)18-6-3/h4-7H2,1-3H3. The third-order valence-electron chi connectivity index (χ3n) is 2.46. The summed E-state index contributed by atoms with van der Waals surface area (Å²) >= 11 is 0. The van der Waals surface area contributed by atoms with E-state index in [1.165, 1.54) is 0 Å². The number of ether oxygens (including phenoxy) is 3. The first-order valence-corrected chi connectivity index (χ1v) is 5.83. The molecule has 0 spiro atoms. The van der Waals surface area contributed by atoms with Gasteiger partial charge in [-0.3, -0.25) is 4.90 Å². The van der Waals surface area contributed by atoms with Crippen LogP contribution in [0.25, 0.3) is 0 Å². The average molecular weight is 259 g/mol. The van der Waals surface area contributed by atoms with Crippen LogP contribution >= 0.6 is 0 Å². The highest BCUT2D eigenvalue weighted by Crippen LogP contribution is 2.36. The lowest BCUT2D eigenvalue weighted by molar-refractivity contribution is -0.160. The van der Waals surface area contributed by atoms with Crippen LogP contribution in [-0.2, 0) is 23.8 Å². The lowest BCUT2D eigenvalue weighted by atomic mass is 10.1. The van der Waals surface area contributed by atoms with Crippen LogP contribution in [-0.4, -0.2) is 54.8 Å². The summed E-state index contributed by atoms with van der Waals surface area (Å²) in [6.07, 6.45) is -0.724. The number of nitrogens with zero attached hydrogens (tertiary/aromatic N) is 1. The number of carbonyl (C=O) groups excluding carboxylic acids is 3. The lowest BCUT2D eigenvalue weighted by Crippen LogP contribution is -2.42. The van der Waals surface area contributed by atoms with Crippen molar-refractivity contribution in [3.05, 3.63) is 0 Å². The fraction of sp³-hybridized carbons (Fsp3) is 0.727. The molecule has 1 saturated heterocycles. The fourth-order valence-corrected chi connectivity index (χ4v) is 1.55. The van der Waals surface area contributed by atoms with Gasteiger partial charge >= 0.3 is 18.0 Å². The van der Waals surface area contributed by atoms with Gasteiger partial charge < -0.3 is 14.2 Å². The Bertz CT molecular complexity index is 335. The van der Waals surface area contributed by atoms with Crippen molar-refractivity contribution < 1.29 is 28.6 Å². The normalized spacial score (nSPS) is 15.8. The molecule has 0 unspecified atom stereocenters. The summed E-state index contributed by atoms with van der Waals surface area (Å²) in [5.41, 5.74) is -1.65. The van der Waals surface area contributed by atoms with E-state index in [0.29, 0.717) is 0 Å². The molecule has 0 atom stereocenters. The van der Waals surface area contributed by atoms with Gasteiger partial charge in [0, 0.05) is 0 Å². The van der Waals surface area contributed by atoms with Gasteiger partial charge in [0.2, 0.25) is 0 Å². The van der Waals surface area contributed by atoms with E-state index in [9.17, 15) is 14.4 Å². The van der Waals surface area contributed by atoms with Crippen molar-refractivity contribution in [2.24, 2.45) is 0 Å². The predicted octanol–water partition coefficient (Wildman–Crippen LogP) is 0.323. The molecule has 1 fully saturated rings. The van der Waals surface area contributed by atoms with E-state index >= 15 is 0 Å². The van der Waals surface area contributed by atoms with Gasteiger partial charge in [-0.1, -0.05) is 0 Å². The smallest absolute Gasteiger partial charge is 0.411 e. The van der Waals surface area contributed by atoms with Crippen LogP contribution in [0.3, 0.4) is 0 Å². The molecule has 0 bridgehead atoms. The van der Waals surface area contributed by atoms with Gasteiger partial charge in [0.1, 0.15) is 0 Å². The van der Waals surface area contributed by atoms with Gasteiger partial charge in [-0.2, -0.15) is 0 Å². The molecule has 0 saturated carbocycles. The van der Waals surface area contributed by atoms with E-state index in [0.717, 1.165) is 4.90 Å². The molecule has 18 heavy (non-hydrogen) atoms. The molecule has 1 heterocycles. The Balaban J connectivity index is 2.83. The maximum atomic E-state index is 11.8. The molecule has 0 aromatic heterocycles. The summed E-state index contributed by atoms with van der Waals surface area (Å²) in [7, 11) is 0.